The summed E-state index contributed by atoms with van der Waals surface area (Å²) in [5, 5.41) is 4.02. The van der Waals surface area contributed by atoms with Gasteiger partial charge < -0.3 is 19.2 Å². The van der Waals surface area contributed by atoms with Crippen molar-refractivity contribution in [3.05, 3.63) is 11.8 Å². The van der Waals surface area contributed by atoms with Crippen molar-refractivity contribution in [2.45, 2.75) is 13.8 Å². The Morgan fingerprint density at radius 1 is 1.50 bits per heavy atom. The molecule has 0 aromatic heterocycles. The highest BCUT2D eigenvalue weighted by Crippen LogP contribution is 2.03. The Labute approximate surface area is 72.8 Å². The summed E-state index contributed by atoms with van der Waals surface area (Å²) in [7, 11) is -5.39. The van der Waals surface area contributed by atoms with Gasteiger partial charge >= 0.3 is 2.85 Å². The van der Waals surface area contributed by atoms with Gasteiger partial charge in [0.05, 0.1) is 0 Å². The molecule has 0 fully saturated rings. The quantitative estimate of drug-likeness (QED) is 0.332. The van der Waals surface area contributed by atoms with Crippen molar-refractivity contribution in [1.82, 2.24) is 0 Å². The van der Waals surface area contributed by atoms with Crippen LogP contribution in [0.4, 0.5) is 0 Å². The maximum Gasteiger partial charge on any atom is 1.00 e. The standard InChI is InChI=1S/C5H8N2.H3O4P/c1-4-3-6-7-5(4)2;1-5(2,3)4/h3H,1-2H3,(H,6,7);(H3,1,2,3,4). The van der Waals surface area contributed by atoms with Gasteiger partial charge in [-0.05, 0) is 13.8 Å². The van der Waals surface area contributed by atoms with Crippen molar-refractivity contribution in [2.75, 3.05) is 0 Å². The van der Waals surface area contributed by atoms with Gasteiger partial charge in [0, 0.05) is 5.57 Å². The predicted molar refractivity (Wildman–Crippen MR) is 38.6 cm³/mol. The Bertz CT molecular complexity index is 238. The molecule has 0 saturated carbocycles. The van der Waals surface area contributed by atoms with Crippen LogP contribution >= 0.6 is 7.82 Å². The van der Waals surface area contributed by atoms with Gasteiger partial charge in [0.1, 0.15) is 11.9 Å². The van der Waals surface area contributed by atoms with Crippen LogP contribution in [0.3, 0.4) is 0 Å². The summed E-state index contributed by atoms with van der Waals surface area (Å²) in [6.07, 6.45) is 2.01. The highest BCUT2D eigenvalue weighted by Gasteiger charge is 2.02. The van der Waals surface area contributed by atoms with Crippen LogP contribution in [0.1, 0.15) is 16.7 Å². The van der Waals surface area contributed by atoms with Crippen LogP contribution in [-0.4, -0.2) is 5.71 Å². The smallest absolute Gasteiger partial charge is 0.822 e. The minimum absolute atomic E-state index is 0. The van der Waals surface area contributed by atoms with Crippen LogP contribution in [0.5, 0.6) is 0 Å². The molecule has 70 valence electrons. The van der Waals surface area contributed by atoms with Crippen molar-refractivity contribution in [3.63, 3.8) is 0 Å². The maximum atomic E-state index is 8.55. The molecule has 0 spiro atoms. The van der Waals surface area contributed by atoms with Crippen LogP contribution in [0.2, 0.25) is 0 Å². The van der Waals surface area contributed by atoms with Crippen molar-refractivity contribution >= 4 is 13.5 Å². The number of phosphoric acid groups is 1. The lowest BCUT2D eigenvalue weighted by Gasteiger charge is -2.36. The van der Waals surface area contributed by atoms with Crippen molar-refractivity contribution in [2.24, 2.45) is 5.10 Å². The fourth-order valence-corrected chi connectivity index (χ4v) is 0.483. The summed E-state index contributed by atoms with van der Waals surface area (Å²) in [6.45, 7) is 4.07. The average Bonchev–Trinajstić information content (AvgIpc) is 2.12. The second kappa shape index (κ2) is 4.49. The lowest BCUT2D eigenvalue weighted by Crippen LogP contribution is -2.69. The first-order chi connectivity index (χ1) is 5.30. The fourth-order valence-electron chi connectivity index (χ4n) is 0.483. The van der Waals surface area contributed by atoms with Crippen molar-refractivity contribution in [3.8, 4) is 0 Å². The van der Waals surface area contributed by atoms with E-state index in [0.29, 0.717) is 0 Å². The average molecular weight is 194 g/mol. The van der Waals surface area contributed by atoms with Gasteiger partial charge in [-0.2, -0.15) is 13.2 Å². The van der Waals surface area contributed by atoms with E-state index in [2.05, 4.69) is 12.0 Å². The number of rotatable bonds is 0. The lowest BCUT2D eigenvalue weighted by molar-refractivity contribution is -0.590. The Morgan fingerprint density at radius 2 is 1.92 bits per heavy atom. The molecule has 0 radical (unpaired) electrons. The molecule has 1 heterocycles. The van der Waals surface area contributed by atoms with Crippen molar-refractivity contribution in [1.29, 1.82) is 0 Å². The Hall–Kier alpha value is -0.520. The zero-order chi connectivity index (χ0) is 9.78. The molecule has 0 unspecified atom stereocenters. The zero-order valence-corrected chi connectivity index (χ0v) is 7.58. The van der Waals surface area contributed by atoms with Crippen LogP contribution < -0.4 is 20.1 Å². The van der Waals surface area contributed by atoms with Gasteiger partial charge in [-0.1, -0.05) is 5.10 Å². The lowest BCUT2D eigenvalue weighted by atomic mass is 10.2. The van der Waals surface area contributed by atoms with E-state index in [-0.39, 0.29) is 2.85 Å². The van der Waals surface area contributed by atoms with E-state index in [1.165, 1.54) is 5.57 Å². The van der Waals surface area contributed by atoms with E-state index in [9.17, 15) is 0 Å². The first-order valence-electron chi connectivity index (χ1n) is 3.08. The minimum atomic E-state index is -5.39. The van der Waals surface area contributed by atoms with Gasteiger partial charge in [-0.3, -0.25) is 0 Å². The van der Waals surface area contributed by atoms with Gasteiger partial charge in [0.25, 0.3) is 0 Å². The van der Waals surface area contributed by atoms with Crippen LogP contribution in [0.15, 0.2) is 16.9 Å². The molecule has 1 rings (SSSR count). The molecule has 1 aliphatic rings. The van der Waals surface area contributed by atoms with Crippen molar-refractivity contribution < 1.29 is 27.5 Å². The van der Waals surface area contributed by atoms with Crippen LogP contribution in [0.25, 0.3) is 0 Å². The number of quaternary nitrogens is 1. The molecule has 7 heteroatoms. The van der Waals surface area contributed by atoms with E-state index in [1.807, 2.05) is 18.5 Å². The first kappa shape index (κ1) is 11.5. The summed E-state index contributed by atoms with van der Waals surface area (Å²) in [6, 6.07) is 0. The zero-order valence-electron chi connectivity index (χ0n) is 8.68. The topological polar surface area (TPSA) is 115 Å². The molecule has 0 bridgehead atoms. The molecule has 0 aromatic carbocycles. The van der Waals surface area contributed by atoms with E-state index >= 15 is 0 Å². The number of nitrogens with zero attached hydrogens (tertiary/aromatic N) is 1. The van der Waals surface area contributed by atoms with Gasteiger partial charge in [-0.15, -0.1) is 0 Å². The molecular weight excluding hydrogens is 183 g/mol. The molecule has 0 saturated heterocycles. The summed E-state index contributed by atoms with van der Waals surface area (Å²) >= 11 is 0. The Kier molecular flexibility index (Phi) is 4.30. The van der Waals surface area contributed by atoms with Gasteiger partial charge in [0.15, 0.2) is 0 Å². The molecule has 0 aromatic rings. The molecular formula is C5H11N2O4P. The Balaban J connectivity index is -0.000000159. The molecule has 1 aliphatic heterocycles. The van der Waals surface area contributed by atoms with E-state index in [1.54, 1.807) is 0 Å². The maximum absolute atomic E-state index is 8.55. The second-order valence-electron chi connectivity index (χ2n) is 2.16. The normalized spacial score (nSPS) is 16.1. The first-order valence-corrected chi connectivity index (χ1v) is 4.54. The number of allylic oxidation sites excluding steroid dienone is 1. The summed E-state index contributed by atoms with van der Waals surface area (Å²) < 4.78 is 8.55. The molecule has 12 heavy (non-hydrogen) atoms. The van der Waals surface area contributed by atoms with Gasteiger partial charge in [0.2, 0.25) is 0 Å². The third kappa shape index (κ3) is 7.59. The highest BCUT2D eigenvalue weighted by molar-refractivity contribution is 7.40. The second-order valence-corrected chi connectivity index (χ2v) is 3.05. The fraction of sp³-hybridized carbons (Fsp3) is 0.400. The third-order valence-electron chi connectivity index (χ3n) is 1.16. The number of nitrogens with two attached hydrogens (primary N) is 1. The molecule has 0 aliphatic carbocycles. The Morgan fingerprint density at radius 3 is 2.00 bits per heavy atom. The summed E-state index contributed by atoms with van der Waals surface area (Å²) in [4.78, 5) is 25.6. The SMILES string of the molecule is CC1=C[NH2+]N=C1C.O=P([O-])([O-])[O-].[H+].[H+]. The summed E-state index contributed by atoms with van der Waals surface area (Å²) in [5.74, 6) is 0. The highest BCUT2D eigenvalue weighted by atomic mass is 31.2. The largest absolute Gasteiger partial charge is 1.00 e. The van der Waals surface area contributed by atoms with Gasteiger partial charge in [-0.25, -0.2) is 0 Å². The van der Waals surface area contributed by atoms with Crippen LogP contribution in [0, 0.1) is 0 Å². The monoisotopic (exact) mass is 194 g/mol. The van der Waals surface area contributed by atoms with E-state index in [0.717, 1.165) is 5.71 Å². The predicted octanol–water partition coefficient (Wildman–Crippen LogP) is -2.76. The third-order valence-corrected chi connectivity index (χ3v) is 1.16. The summed E-state index contributed by atoms with van der Waals surface area (Å²) in [5.41, 5.74) is 4.24. The number of hydrogen-bond acceptors (Lipinski definition) is 5. The van der Waals surface area contributed by atoms with E-state index < -0.39 is 7.82 Å². The minimum Gasteiger partial charge on any atom is -0.822 e. The molecule has 0 atom stereocenters. The molecule has 0 amide bonds. The van der Waals surface area contributed by atoms with E-state index in [4.69, 9.17) is 19.2 Å². The van der Waals surface area contributed by atoms with Crippen LogP contribution in [-0.2, 0) is 4.57 Å². The number of hydrogen-bond donors (Lipinski definition) is 1. The molecule has 6 nitrogen and oxygen atoms in total. The molecule has 2 N–H and O–H groups in total.